The first-order valence-corrected chi connectivity index (χ1v) is 17.4. The highest BCUT2D eigenvalue weighted by atomic mass is 32.1. The molecule has 2 nitrogen and oxygen atoms in total. The Kier molecular flexibility index (Phi) is 6.39. The van der Waals surface area contributed by atoms with Gasteiger partial charge in [-0.05, 0) is 81.6 Å². The van der Waals surface area contributed by atoms with Crippen LogP contribution in [-0.2, 0) is 0 Å². The smallest absolute Gasteiger partial charge is 0.137 e. The summed E-state index contributed by atoms with van der Waals surface area (Å²) < 4.78 is 9.02. The molecule has 2 heterocycles. The molecule has 3 heteroatoms. The Morgan fingerprint density at radius 1 is 0.429 bits per heavy atom. The van der Waals surface area contributed by atoms with E-state index in [0.717, 1.165) is 39.0 Å². The molecule has 2 aromatic heterocycles. The number of thiophene rings is 1. The fraction of sp³-hybridized carbons (Fsp3) is 0. The molecule has 0 amide bonds. The Balaban J connectivity index is 1.17. The molecule has 0 unspecified atom stereocenters. The van der Waals surface area contributed by atoms with Crippen molar-refractivity contribution >= 4 is 81.3 Å². The summed E-state index contributed by atoms with van der Waals surface area (Å²) in [6.07, 6.45) is 0. The minimum Gasteiger partial charge on any atom is -0.456 e. The summed E-state index contributed by atoms with van der Waals surface area (Å²) in [7, 11) is 0. The number of fused-ring (bicyclic) bond motifs is 7. The number of furan rings is 1. The van der Waals surface area contributed by atoms with Crippen molar-refractivity contribution < 1.29 is 4.42 Å². The van der Waals surface area contributed by atoms with E-state index in [2.05, 4.69) is 169 Å². The molecule has 0 bridgehead atoms. The minimum atomic E-state index is 0.877. The van der Waals surface area contributed by atoms with E-state index in [0.29, 0.717) is 0 Å². The first-order chi connectivity index (χ1) is 24.3. The lowest BCUT2D eigenvalue weighted by Crippen LogP contribution is -2.10. The van der Waals surface area contributed by atoms with Crippen molar-refractivity contribution in [3.63, 3.8) is 0 Å². The van der Waals surface area contributed by atoms with Crippen molar-refractivity contribution in [1.82, 2.24) is 0 Å². The van der Waals surface area contributed by atoms with Gasteiger partial charge in [0.15, 0.2) is 0 Å². The van der Waals surface area contributed by atoms with Gasteiger partial charge >= 0.3 is 0 Å². The van der Waals surface area contributed by atoms with Crippen LogP contribution in [-0.4, -0.2) is 0 Å². The maximum Gasteiger partial charge on any atom is 0.137 e. The molecule has 10 rings (SSSR count). The first-order valence-electron chi connectivity index (χ1n) is 16.6. The SMILES string of the molecule is c1cc(-c2cccc3ccccc23)cc(N(c2ccc(-c3cccc4c3sc3ccccc34)cc2)c2cccc3oc4ccccc4c23)c1. The summed E-state index contributed by atoms with van der Waals surface area (Å²) >= 11 is 1.87. The van der Waals surface area contributed by atoms with E-state index in [4.69, 9.17) is 4.42 Å². The van der Waals surface area contributed by atoms with Crippen LogP contribution >= 0.6 is 11.3 Å². The average Bonchev–Trinajstić information content (AvgIpc) is 3.74. The second-order valence-electron chi connectivity index (χ2n) is 12.5. The Labute approximate surface area is 287 Å². The lowest BCUT2D eigenvalue weighted by atomic mass is 9.97. The third-order valence-corrected chi connectivity index (χ3v) is 10.9. The van der Waals surface area contributed by atoms with E-state index in [-0.39, 0.29) is 0 Å². The molecule has 8 aromatic carbocycles. The van der Waals surface area contributed by atoms with Gasteiger partial charge in [0.05, 0.1) is 11.1 Å². The largest absolute Gasteiger partial charge is 0.456 e. The summed E-state index contributed by atoms with van der Waals surface area (Å²) in [5, 5.41) is 7.33. The fourth-order valence-electron chi connectivity index (χ4n) is 7.42. The number of hydrogen-bond acceptors (Lipinski definition) is 3. The van der Waals surface area contributed by atoms with E-state index in [9.17, 15) is 0 Å². The monoisotopic (exact) mass is 643 g/mol. The van der Waals surface area contributed by atoms with Gasteiger partial charge in [0.1, 0.15) is 11.2 Å². The lowest BCUT2D eigenvalue weighted by Gasteiger charge is -2.27. The molecule has 0 spiro atoms. The van der Waals surface area contributed by atoms with Gasteiger partial charge in [0, 0.05) is 36.9 Å². The molecule has 0 saturated heterocycles. The third kappa shape index (κ3) is 4.55. The van der Waals surface area contributed by atoms with Gasteiger partial charge in [-0.25, -0.2) is 0 Å². The van der Waals surface area contributed by atoms with Gasteiger partial charge in [-0.15, -0.1) is 11.3 Å². The van der Waals surface area contributed by atoms with E-state index in [1.54, 1.807) is 0 Å². The Morgan fingerprint density at radius 2 is 1.10 bits per heavy atom. The van der Waals surface area contributed by atoms with Gasteiger partial charge in [-0.3, -0.25) is 0 Å². The second-order valence-corrected chi connectivity index (χ2v) is 13.5. The zero-order chi connectivity index (χ0) is 32.3. The molecule has 0 fully saturated rings. The van der Waals surface area contributed by atoms with E-state index in [1.807, 2.05) is 23.5 Å². The maximum atomic E-state index is 6.37. The van der Waals surface area contributed by atoms with Crippen molar-refractivity contribution in [2.75, 3.05) is 4.90 Å². The average molecular weight is 644 g/mol. The zero-order valence-electron chi connectivity index (χ0n) is 26.5. The molecule has 49 heavy (non-hydrogen) atoms. The molecular weight excluding hydrogens is 615 g/mol. The molecule has 10 aromatic rings. The molecule has 0 aliphatic carbocycles. The van der Waals surface area contributed by atoms with Crippen LogP contribution in [0.4, 0.5) is 17.1 Å². The summed E-state index contributed by atoms with van der Waals surface area (Å²) in [6.45, 7) is 0. The topological polar surface area (TPSA) is 16.4 Å². The van der Waals surface area contributed by atoms with Crippen LogP contribution in [0.15, 0.2) is 180 Å². The number of para-hydroxylation sites is 1. The predicted molar refractivity (Wildman–Crippen MR) is 210 cm³/mol. The first kappa shape index (κ1) is 27.9. The molecule has 0 saturated carbocycles. The van der Waals surface area contributed by atoms with Crippen LogP contribution in [0.1, 0.15) is 0 Å². The molecule has 0 N–H and O–H groups in total. The van der Waals surface area contributed by atoms with Crippen LogP contribution in [0.5, 0.6) is 0 Å². The normalized spacial score (nSPS) is 11.7. The van der Waals surface area contributed by atoms with Crippen LogP contribution < -0.4 is 4.90 Å². The summed E-state index contributed by atoms with van der Waals surface area (Å²) in [5.74, 6) is 0. The lowest BCUT2D eigenvalue weighted by molar-refractivity contribution is 0.669. The Morgan fingerprint density at radius 3 is 2.02 bits per heavy atom. The van der Waals surface area contributed by atoms with Gasteiger partial charge < -0.3 is 9.32 Å². The molecular formula is C46H29NOS. The third-order valence-electron chi connectivity index (χ3n) is 9.67. The highest BCUT2D eigenvalue weighted by molar-refractivity contribution is 7.26. The van der Waals surface area contributed by atoms with Crippen molar-refractivity contribution in [1.29, 1.82) is 0 Å². The fourth-order valence-corrected chi connectivity index (χ4v) is 8.66. The Bertz CT molecular complexity index is 2840. The molecule has 0 radical (unpaired) electrons. The van der Waals surface area contributed by atoms with Crippen molar-refractivity contribution in [2.24, 2.45) is 0 Å². The summed E-state index contributed by atoms with van der Waals surface area (Å²) in [6, 6.07) is 63.2. The molecule has 0 aliphatic rings. The summed E-state index contributed by atoms with van der Waals surface area (Å²) in [4.78, 5) is 2.38. The van der Waals surface area contributed by atoms with E-state index < -0.39 is 0 Å². The van der Waals surface area contributed by atoms with Crippen molar-refractivity contribution in [3.05, 3.63) is 176 Å². The van der Waals surface area contributed by atoms with Crippen molar-refractivity contribution in [2.45, 2.75) is 0 Å². The van der Waals surface area contributed by atoms with Crippen LogP contribution in [0.25, 0.3) is 75.1 Å². The van der Waals surface area contributed by atoms with Gasteiger partial charge in [0.25, 0.3) is 0 Å². The predicted octanol–water partition coefficient (Wildman–Crippen LogP) is 13.9. The highest BCUT2D eigenvalue weighted by Gasteiger charge is 2.20. The van der Waals surface area contributed by atoms with Crippen LogP contribution in [0.2, 0.25) is 0 Å². The molecule has 0 aliphatic heterocycles. The van der Waals surface area contributed by atoms with E-state index in [1.165, 1.54) is 53.2 Å². The van der Waals surface area contributed by atoms with Gasteiger partial charge in [0.2, 0.25) is 0 Å². The molecule has 0 atom stereocenters. The zero-order valence-corrected chi connectivity index (χ0v) is 27.3. The van der Waals surface area contributed by atoms with E-state index >= 15 is 0 Å². The standard InChI is InChI=1S/C46H29NOS/c1-2-15-35-30(11-1)12-8-18-36(35)32-13-7-14-34(29-32)47(41-21-10-23-43-45(41)40-17-3-5-22-42(40)48-43)33-27-25-31(26-28-33)37-19-9-20-39-38-16-4-6-24-44(38)49-46(37)39/h1-29H. The van der Waals surface area contributed by atoms with Crippen molar-refractivity contribution in [3.8, 4) is 22.3 Å². The summed E-state index contributed by atoms with van der Waals surface area (Å²) in [5.41, 5.74) is 9.88. The number of rotatable bonds is 5. The quantitative estimate of drug-likeness (QED) is 0.186. The van der Waals surface area contributed by atoms with Gasteiger partial charge in [-0.1, -0.05) is 127 Å². The highest BCUT2D eigenvalue weighted by Crippen LogP contribution is 2.45. The van der Waals surface area contributed by atoms with Gasteiger partial charge in [-0.2, -0.15) is 0 Å². The molecule has 230 valence electrons. The minimum absolute atomic E-state index is 0.877. The van der Waals surface area contributed by atoms with Crippen LogP contribution in [0, 0.1) is 0 Å². The maximum absolute atomic E-state index is 6.37. The number of anilines is 3. The van der Waals surface area contributed by atoms with Crippen LogP contribution in [0.3, 0.4) is 0 Å². The Hall–Kier alpha value is -6.16. The second kappa shape index (κ2) is 11.2. The number of hydrogen-bond donors (Lipinski definition) is 0. The number of benzene rings is 8. The number of nitrogens with zero attached hydrogens (tertiary/aromatic N) is 1.